The molecule has 0 aliphatic carbocycles. The molecular formula is C20H35IN4O2. The molecule has 2 rings (SSSR count). The highest BCUT2D eigenvalue weighted by Gasteiger charge is 2.22. The smallest absolute Gasteiger partial charge is 0.188 e. The lowest BCUT2D eigenvalue weighted by atomic mass is 10.0. The fourth-order valence-electron chi connectivity index (χ4n) is 3.45. The summed E-state index contributed by atoms with van der Waals surface area (Å²) in [5, 5.41) is 3.32. The van der Waals surface area contributed by atoms with Crippen LogP contribution in [0.1, 0.15) is 38.7 Å². The van der Waals surface area contributed by atoms with Gasteiger partial charge in [0.25, 0.3) is 0 Å². The Balaban J connectivity index is 0.00000364. The van der Waals surface area contributed by atoms with Gasteiger partial charge in [-0.25, -0.2) is 4.99 Å². The summed E-state index contributed by atoms with van der Waals surface area (Å²) in [4.78, 5) is 7.05. The summed E-state index contributed by atoms with van der Waals surface area (Å²) < 4.78 is 10.6. The Hall–Kier alpha value is -1.22. The summed E-state index contributed by atoms with van der Waals surface area (Å²) in [7, 11) is 3.26. The monoisotopic (exact) mass is 490 g/mol. The molecule has 0 aromatic heterocycles. The maximum absolute atomic E-state index is 6.09. The molecule has 0 bridgehead atoms. The number of halogens is 1. The summed E-state index contributed by atoms with van der Waals surface area (Å²) in [6.07, 6.45) is 3.78. The van der Waals surface area contributed by atoms with Gasteiger partial charge in [-0.05, 0) is 56.0 Å². The third kappa shape index (κ3) is 7.73. The van der Waals surface area contributed by atoms with Crippen LogP contribution in [0.2, 0.25) is 0 Å². The van der Waals surface area contributed by atoms with E-state index in [9.17, 15) is 0 Å². The topological polar surface area (TPSA) is 72.1 Å². The number of nitrogens with one attached hydrogen (secondary N) is 1. The number of rotatable bonds is 9. The van der Waals surface area contributed by atoms with Crippen LogP contribution in [0.3, 0.4) is 0 Å². The van der Waals surface area contributed by atoms with Crippen molar-refractivity contribution >= 4 is 29.9 Å². The number of hydrogen-bond acceptors (Lipinski definition) is 4. The van der Waals surface area contributed by atoms with Gasteiger partial charge in [0.2, 0.25) is 0 Å². The third-order valence-corrected chi connectivity index (χ3v) is 4.80. The van der Waals surface area contributed by atoms with Crippen LogP contribution < -0.4 is 20.5 Å². The molecule has 1 aromatic rings. The fourth-order valence-corrected chi connectivity index (χ4v) is 3.45. The Kier molecular flexibility index (Phi) is 10.8. The normalized spacial score (nSPS) is 16.1. The summed E-state index contributed by atoms with van der Waals surface area (Å²) in [6.45, 7) is 8.30. The molecule has 0 amide bonds. The zero-order chi connectivity index (χ0) is 18.9. The third-order valence-electron chi connectivity index (χ3n) is 4.80. The van der Waals surface area contributed by atoms with Crippen LogP contribution in [-0.2, 0) is 6.54 Å². The molecule has 1 aromatic carbocycles. The minimum absolute atomic E-state index is 0. The molecule has 1 atom stereocenters. The molecule has 1 aliphatic rings. The van der Waals surface area contributed by atoms with Crippen molar-refractivity contribution in [2.75, 3.05) is 33.9 Å². The van der Waals surface area contributed by atoms with Crippen LogP contribution in [0.5, 0.6) is 11.5 Å². The number of nitrogens with zero attached hydrogens (tertiary/aromatic N) is 2. The number of nitrogens with two attached hydrogens (primary N) is 1. The maximum atomic E-state index is 6.09. The fraction of sp³-hybridized carbons (Fsp3) is 0.650. The molecule has 1 heterocycles. The van der Waals surface area contributed by atoms with Gasteiger partial charge in [-0.15, -0.1) is 24.0 Å². The van der Waals surface area contributed by atoms with Crippen LogP contribution in [0.4, 0.5) is 0 Å². The first-order valence-corrected chi connectivity index (χ1v) is 9.52. The summed E-state index contributed by atoms with van der Waals surface area (Å²) in [6, 6.07) is 6.32. The molecule has 1 unspecified atom stereocenters. The van der Waals surface area contributed by atoms with E-state index in [0.29, 0.717) is 36.0 Å². The maximum Gasteiger partial charge on any atom is 0.188 e. The van der Waals surface area contributed by atoms with Crippen molar-refractivity contribution in [3.8, 4) is 11.5 Å². The molecule has 0 spiro atoms. The van der Waals surface area contributed by atoms with E-state index >= 15 is 0 Å². The van der Waals surface area contributed by atoms with Crippen LogP contribution in [0.25, 0.3) is 0 Å². The zero-order valence-electron chi connectivity index (χ0n) is 17.0. The van der Waals surface area contributed by atoms with Crippen LogP contribution in [0, 0.1) is 5.92 Å². The predicted octanol–water partition coefficient (Wildman–Crippen LogP) is 3.24. The van der Waals surface area contributed by atoms with Crippen LogP contribution in [0.15, 0.2) is 23.2 Å². The predicted molar refractivity (Wildman–Crippen MR) is 122 cm³/mol. The Labute approximate surface area is 180 Å². The van der Waals surface area contributed by atoms with Crippen molar-refractivity contribution in [3.63, 3.8) is 0 Å². The number of methoxy groups -OCH3 is 2. The van der Waals surface area contributed by atoms with E-state index in [4.69, 9.17) is 15.2 Å². The highest BCUT2D eigenvalue weighted by molar-refractivity contribution is 14.0. The molecule has 1 saturated heterocycles. The minimum atomic E-state index is 0. The molecular weight excluding hydrogens is 455 g/mol. The van der Waals surface area contributed by atoms with Crippen LogP contribution in [-0.4, -0.2) is 50.8 Å². The minimum Gasteiger partial charge on any atom is -0.493 e. The summed E-state index contributed by atoms with van der Waals surface area (Å²) in [5.74, 6) is 2.59. The number of likely N-dealkylation sites (tertiary alicyclic amines) is 1. The van der Waals surface area contributed by atoms with E-state index < -0.39 is 0 Å². The van der Waals surface area contributed by atoms with Crippen molar-refractivity contribution in [2.24, 2.45) is 16.6 Å². The molecule has 1 fully saturated rings. The Morgan fingerprint density at radius 2 is 1.85 bits per heavy atom. The first kappa shape index (κ1) is 23.8. The second-order valence-electron chi connectivity index (χ2n) is 7.30. The quantitative estimate of drug-likeness (QED) is 0.316. The van der Waals surface area contributed by atoms with Gasteiger partial charge in [-0.1, -0.05) is 19.9 Å². The van der Waals surface area contributed by atoms with Crippen molar-refractivity contribution in [1.82, 2.24) is 10.2 Å². The molecule has 6 nitrogen and oxygen atoms in total. The second-order valence-corrected chi connectivity index (χ2v) is 7.30. The lowest BCUT2D eigenvalue weighted by molar-refractivity contribution is 0.213. The van der Waals surface area contributed by atoms with Gasteiger partial charge in [-0.2, -0.15) is 0 Å². The molecule has 0 saturated carbocycles. The standard InChI is InChI=1S/C20H34N4O2.HI/c1-15(2)11-17(24-9-5-6-10-24)14-23-20(21)22-13-16-7-8-18(25-3)19(12-16)26-4;/h7-8,12,15,17H,5-6,9-11,13-14H2,1-4H3,(H3,21,22,23);1H. The lowest BCUT2D eigenvalue weighted by Gasteiger charge is -2.29. The lowest BCUT2D eigenvalue weighted by Crippen LogP contribution is -2.45. The molecule has 0 radical (unpaired) electrons. The first-order valence-electron chi connectivity index (χ1n) is 9.52. The average Bonchev–Trinajstić information content (AvgIpc) is 3.17. The Morgan fingerprint density at radius 3 is 2.44 bits per heavy atom. The van der Waals surface area contributed by atoms with Crippen molar-refractivity contribution < 1.29 is 9.47 Å². The zero-order valence-corrected chi connectivity index (χ0v) is 19.4. The van der Waals surface area contributed by atoms with Gasteiger partial charge in [0.05, 0.1) is 20.8 Å². The van der Waals surface area contributed by atoms with Gasteiger partial charge in [-0.3, -0.25) is 4.90 Å². The van der Waals surface area contributed by atoms with Crippen molar-refractivity contribution in [1.29, 1.82) is 0 Å². The molecule has 7 heteroatoms. The first-order chi connectivity index (χ1) is 12.5. The van der Waals surface area contributed by atoms with E-state index in [1.54, 1.807) is 14.2 Å². The van der Waals surface area contributed by atoms with E-state index in [1.807, 2.05) is 18.2 Å². The number of guanidine groups is 1. The van der Waals surface area contributed by atoms with Crippen molar-refractivity contribution in [2.45, 2.75) is 45.7 Å². The van der Waals surface area contributed by atoms with Gasteiger partial charge in [0.1, 0.15) is 0 Å². The largest absolute Gasteiger partial charge is 0.493 e. The van der Waals surface area contributed by atoms with E-state index in [0.717, 1.165) is 12.1 Å². The molecule has 27 heavy (non-hydrogen) atoms. The van der Waals surface area contributed by atoms with E-state index in [-0.39, 0.29) is 24.0 Å². The highest BCUT2D eigenvalue weighted by atomic mass is 127. The van der Waals surface area contributed by atoms with Gasteiger partial charge in [0.15, 0.2) is 17.5 Å². The van der Waals surface area contributed by atoms with Gasteiger partial charge in [0, 0.05) is 12.6 Å². The molecule has 1 aliphatic heterocycles. The Morgan fingerprint density at radius 1 is 1.19 bits per heavy atom. The van der Waals surface area contributed by atoms with Gasteiger partial charge >= 0.3 is 0 Å². The number of benzene rings is 1. The van der Waals surface area contributed by atoms with E-state index in [1.165, 1.54) is 32.4 Å². The summed E-state index contributed by atoms with van der Waals surface area (Å²) in [5.41, 5.74) is 7.12. The van der Waals surface area contributed by atoms with Crippen molar-refractivity contribution in [3.05, 3.63) is 23.8 Å². The number of hydrogen-bond donors (Lipinski definition) is 2. The molecule has 3 N–H and O–H groups in total. The second kappa shape index (κ2) is 12.3. The highest BCUT2D eigenvalue weighted by Crippen LogP contribution is 2.27. The van der Waals surface area contributed by atoms with Crippen LogP contribution >= 0.6 is 24.0 Å². The number of aliphatic imine (C=N–C) groups is 1. The molecule has 154 valence electrons. The SMILES string of the molecule is COc1ccc(CN=C(N)NCC(CC(C)C)N2CCCC2)cc1OC.I. The van der Waals surface area contributed by atoms with Gasteiger partial charge < -0.3 is 20.5 Å². The Bertz CT molecular complexity index is 589. The number of ether oxygens (including phenoxy) is 2. The average molecular weight is 490 g/mol. The van der Waals surface area contributed by atoms with E-state index in [2.05, 4.69) is 29.1 Å². The summed E-state index contributed by atoms with van der Waals surface area (Å²) >= 11 is 0.